The van der Waals surface area contributed by atoms with E-state index in [-0.39, 0.29) is 0 Å². The Kier molecular flexibility index (Phi) is 5.98. The largest absolute Gasteiger partial charge is 0.0616 e. The molecule has 0 aliphatic rings. The van der Waals surface area contributed by atoms with Gasteiger partial charge in [0.1, 0.15) is 0 Å². The van der Waals surface area contributed by atoms with Crippen LogP contribution in [-0.4, -0.2) is 0 Å². The van der Waals surface area contributed by atoms with Crippen molar-refractivity contribution in [2.24, 2.45) is 0 Å². The molecule has 10 rings (SSSR count). The second-order valence-corrected chi connectivity index (χ2v) is 12.8. The molecular weight excluding hydrogens is 577 g/mol. The van der Waals surface area contributed by atoms with Gasteiger partial charge in [0, 0.05) is 0 Å². The molecule has 0 saturated carbocycles. The first-order valence-corrected chi connectivity index (χ1v) is 16.7. The van der Waals surface area contributed by atoms with Gasteiger partial charge in [0.2, 0.25) is 0 Å². The second kappa shape index (κ2) is 10.7. The van der Waals surface area contributed by atoms with Crippen LogP contribution in [0.1, 0.15) is 0 Å². The summed E-state index contributed by atoms with van der Waals surface area (Å²) in [4.78, 5) is 0. The quantitative estimate of drug-likeness (QED) is 0.176. The average molecular weight is 607 g/mol. The van der Waals surface area contributed by atoms with Crippen LogP contribution >= 0.6 is 0 Å². The Morgan fingerprint density at radius 3 is 1.15 bits per heavy atom. The van der Waals surface area contributed by atoms with Crippen molar-refractivity contribution in [3.05, 3.63) is 182 Å². The van der Waals surface area contributed by atoms with E-state index in [1.807, 2.05) is 0 Å². The molecule has 0 N–H and O–H groups in total. The summed E-state index contributed by atoms with van der Waals surface area (Å²) in [6.45, 7) is 0. The van der Waals surface area contributed by atoms with Crippen LogP contribution in [-0.2, 0) is 0 Å². The van der Waals surface area contributed by atoms with E-state index in [0.29, 0.717) is 0 Å². The van der Waals surface area contributed by atoms with E-state index in [1.165, 1.54) is 98.0 Å². The highest BCUT2D eigenvalue weighted by Crippen LogP contribution is 2.45. The zero-order valence-corrected chi connectivity index (χ0v) is 26.3. The summed E-state index contributed by atoms with van der Waals surface area (Å²) in [5, 5.41) is 15.2. The molecule has 0 saturated heterocycles. The first-order valence-electron chi connectivity index (χ1n) is 16.7. The third kappa shape index (κ3) is 4.10. The highest BCUT2D eigenvalue weighted by atomic mass is 14.2. The third-order valence-corrected chi connectivity index (χ3v) is 10.2. The van der Waals surface area contributed by atoms with Crippen molar-refractivity contribution in [1.29, 1.82) is 0 Å². The van der Waals surface area contributed by atoms with Gasteiger partial charge in [-0.2, -0.15) is 0 Å². The minimum Gasteiger partial charge on any atom is -0.0616 e. The lowest BCUT2D eigenvalue weighted by atomic mass is 9.85. The molecule has 0 heterocycles. The summed E-state index contributed by atoms with van der Waals surface area (Å²) >= 11 is 0. The Labute approximate surface area is 279 Å². The molecular formula is C48H30. The molecule has 0 aromatic heterocycles. The van der Waals surface area contributed by atoms with E-state index in [4.69, 9.17) is 0 Å². The van der Waals surface area contributed by atoms with E-state index in [1.54, 1.807) is 0 Å². The molecule has 0 nitrogen and oxygen atoms in total. The summed E-state index contributed by atoms with van der Waals surface area (Å²) in [5.74, 6) is 0. The Morgan fingerprint density at radius 2 is 0.583 bits per heavy atom. The number of hydrogen-bond donors (Lipinski definition) is 0. The van der Waals surface area contributed by atoms with Gasteiger partial charge in [-0.1, -0.05) is 164 Å². The normalized spacial score (nSPS) is 11.8. The smallest absolute Gasteiger partial charge is 0.00923 e. The molecule has 0 aliphatic heterocycles. The molecule has 0 fully saturated rings. The van der Waals surface area contributed by atoms with Crippen molar-refractivity contribution >= 4 is 64.6 Å². The Balaban J connectivity index is 1.36. The van der Waals surface area contributed by atoms with Crippen LogP contribution in [0.5, 0.6) is 0 Å². The molecule has 0 unspecified atom stereocenters. The molecule has 0 amide bonds. The van der Waals surface area contributed by atoms with Gasteiger partial charge < -0.3 is 0 Å². The highest BCUT2D eigenvalue weighted by Gasteiger charge is 2.17. The van der Waals surface area contributed by atoms with E-state index in [2.05, 4.69) is 182 Å². The van der Waals surface area contributed by atoms with Gasteiger partial charge in [0.15, 0.2) is 0 Å². The van der Waals surface area contributed by atoms with Crippen molar-refractivity contribution in [1.82, 2.24) is 0 Å². The van der Waals surface area contributed by atoms with Crippen LogP contribution in [0.2, 0.25) is 0 Å². The maximum Gasteiger partial charge on any atom is -0.00923 e. The van der Waals surface area contributed by atoms with Gasteiger partial charge in [0.05, 0.1) is 0 Å². The lowest BCUT2D eigenvalue weighted by molar-refractivity contribution is 1.67. The molecule has 0 heteroatoms. The number of hydrogen-bond acceptors (Lipinski definition) is 0. The fourth-order valence-electron chi connectivity index (χ4n) is 8.01. The molecule has 0 radical (unpaired) electrons. The SMILES string of the molecule is c1ccc2c(-c3ccc4c(c3)c(-c3cccc5ccccc35)cc3c5ccccc5c(-c5cccc6ccccc56)cc43)cccc2c1. The predicted octanol–water partition coefficient (Wildman–Crippen LogP) is 13.6. The monoisotopic (exact) mass is 606 g/mol. The van der Waals surface area contributed by atoms with Crippen LogP contribution in [0.3, 0.4) is 0 Å². The molecule has 10 aromatic rings. The summed E-state index contributed by atoms with van der Waals surface area (Å²) < 4.78 is 0. The Hall–Kier alpha value is -6.24. The van der Waals surface area contributed by atoms with Crippen LogP contribution in [0.25, 0.3) is 98.0 Å². The van der Waals surface area contributed by atoms with Crippen molar-refractivity contribution in [2.75, 3.05) is 0 Å². The van der Waals surface area contributed by atoms with Crippen LogP contribution in [0.15, 0.2) is 182 Å². The standard InChI is InChI=1S/C48H30/c1-4-18-35-31(12-1)15-9-23-38(35)34-26-27-43-44(28-34)46(40-25-11-17-33-14-3-6-20-37(33)40)30-47-42-22-8-7-21-41(42)45(29-48(43)47)39-24-10-16-32-13-2-5-19-36(32)39/h1-30H. The van der Waals surface area contributed by atoms with Gasteiger partial charge >= 0.3 is 0 Å². The summed E-state index contributed by atoms with van der Waals surface area (Å²) in [6.07, 6.45) is 0. The second-order valence-electron chi connectivity index (χ2n) is 12.8. The summed E-state index contributed by atoms with van der Waals surface area (Å²) in [6, 6.07) is 67.2. The predicted molar refractivity (Wildman–Crippen MR) is 208 cm³/mol. The van der Waals surface area contributed by atoms with Crippen molar-refractivity contribution in [2.45, 2.75) is 0 Å². The molecule has 0 spiro atoms. The zero-order valence-electron chi connectivity index (χ0n) is 26.3. The molecule has 0 atom stereocenters. The molecule has 0 aliphatic carbocycles. The fraction of sp³-hybridized carbons (Fsp3) is 0. The number of rotatable bonds is 3. The van der Waals surface area contributed by atoms with Gasteiger partial charge in [-0.05, 0) is 116 Å². The Morgan fingerprint density at radius 1 is 0.188 bits per heavy atom. The minimum atomic E-state index is 1.23. The van der Waals surface area contributed by atoms with Gasteiger partial charge in [-0.25, -0.2) is 0 Å². The first kappa shape index (κ1) is 26.9. The molecule has 48 heavy (non-hydrogen) atoms. The van der Waals surface area contributed by atoms with Crippen molar-refractivity contribution in [3.63, 3.8) is 0 Å². The lowest BCUT2D eigenvalue weighted by Gasteiger charge is -2.18. The van der Waals surface area contributed by atoms with Crippen LogP contribution in [0.4, 0.5) is 0 Å². The lowest BCUT2D eigenvalue weighted by Crippen LogP contribution is -1.91. The van der Waals surface area contributed by atoms with Crippen molar-refractivity contribution < 1.29 is 0 Å². The maximum absolute atomic E-state index is 2.46. The number of benzene rings is 10. The summed E-state index contributed by atoms with van der Waals surface area (Å²) in [5.41, 5.74) is 7.55. The third-order valence-electron chi connectivity index (χ3n) is 10.2. The number of fused-ring (bicyclic) bond motifs is 8. The van der Waals surface area contributed by atoms with Gasteiger partial charge in [-0.15, -0.1) is 0 Å². The topological polar surface area (TPSA) is 0 Å². The fourth-order valence-corrected chi connectivity index (χ4v) is 8.01. The van der Waals surface area contributed by atoms with E-state index < -0.39 is 0 Å². The summed E-state index contributed by atoms with van der Waals surface area (Å²) in [7, 11) is 0. The zero-order chi connectivity index (χ0) is 31.6. The maximum atomic E-state index is 2.46. The molecule has 0 bridgehead atoms. The van der Waals surface area contributed by atoms with Gasteiger partial charge in [0.25, 0.3) is 0 Å². The first-order chi connectivity index (χ1) is 23.8. The van der Waals surface area contributed by atoms with Crippen LogP contribution in [0, 0.1) is 0 Å². The van der Waals surface area contributed by atoms with Gasteiger partial charge in [-0.3, -0.25) is 0 Å². The van der Waals surface area contributed by atoms with Crippen LogP contribution < -0.4 is 0 Å². The van der Waals surface area contributed by atoms with E-state index >= 15 is 0 Å². The highest BCUT2D eigenvalue weighted by molar-refractivity contribution is 6.26. The average Bonchev–Trinajstić information content (AvgIpc) is 3.16. The Bertz CT molecular complexity index is 2870. The van der Waals surface area contributed by atoms with E-state index in [9.17, 15) is 0 Å². The molecule has 10 aromatic carbocycles. The molecule has 222 valence electrons. The van der Waals surface area contributed by atoms with Crippen molar-refractivity contribution in [3.8, 4) is 33.4 Å². The van der Waals surface area contributed by atoms with E-state index in [0.717, 1.165) is 0 Å². The minimum absolute atomic E-state index is 1.23.